The molecule has 0 unspecified atom stereocenters. The molecule has 0 bridgehead atoms. The summed E-state index contributed by atoms with van der Waals surface area (Å²) in [5.74, 6) is -0.422. The van der Waals surface area contributed by atoms with E-state index in [1.807, 2.05) is 6.55 Å². The maximum atomic E-state index is 11.3. The Labute approximate surface area is 130 Å². The van der Waals surface area contributed by atoms with Crippen LogP contribution in [-0.4, -0.2) is 47.9 Å². The Morgan fingerprint density at radius 3 is 1.81 bits per heavy atom. The monoisotopic (exact) mass is 352 g/mol. The van der Waals surface area contributed by atoms with Gasteiger partial charge < -0.3 is 22.6 Å². The molecule has 0 fully saturated rings. The maximum Gasteiger partial charge on any atom is 0.333 e. The molecule has 0 aromatic carbocycles. The molecule has 0 atom stereocenters. The van der Waals surface area contributed by atoms with Crippen molar-refractivity contribution in [3.8, 4) is 0 Å². The highest BCUT2D eigenvalue weighted by Gasteiger charge is 2.42. The third-order valence-corrected chi connectivity index (χ3v) is 11.0. The van der Waals surface area contributed by atoms with E-state index in [-0.39, 0.29) is 6.61 Å². The van der Waals surface area contributed by atoms with Crippen LogP contribution >= 0.6 is 0 Å². The Morgan fingerprint density at radius 2 is 1.48 bits per heavy atom. The molecule has 124 valence electrons. The third kappa shape index (κ3) is 11.0. The minimum absolute atomic E-state index is 0.238. The van der Waals surface area contributed by atoms with Gasteiger partial charge in [-0.25, -0.2) is 4.79 Å². The van der Waals surface area contributed by atoms with Gasteiger partial charge in [-0.1, -0.05) is 6.58 Å². The number of rotatable bonds is 9. The largest absolute Gasteiger partial charge is 0.462 e. The van der Waals surface area contributed by atoms with E-state index < -0.39 is 31.7 Å². The van der Waals surface area contributed by atoms with Crippen LogP contribution in [0.5, 0.6) is 0 Å². The van der Waals surface area contributed by atoms with Crippen LogP contribution in [0.1, 0.15) is 13.3 Å². The topological polar surface area (TPSA) is 85.2 Å². The summed E-state index contributed by atoms with van der Waals surface area (Å²) < 4.78 is 16.6. The van der Waals surface area contributed by atoms with E-state index >= 15 is 0 Å². The summed E-state index contributed by atoms with van der Waals surface area (Å²) >= 11 is 0. The lowest BCUT2D eigenvalue weighted by atomic mass is 10.4. The van der Waals surface area contributed by atoms with E-state index in [9.17, 15) is 14.4 Å². The molecule has 21 heavy (non-hydrogen) atoms. The molecule has 0 aromatic heterocycles. The second-order valence-corrected chi connectivity index (χ2v) is 16.4. The van der Waals surface area contributed by atoms with Crippen LogP contribution in [0.15, 0.2) is 12.2 Å². The van der Waals surface area contributed by atoms with Crippen molar-refractivity contribution in [1.29, 1.82) is 0 Å². The van der Waals surface area contributed by atoms with Gasteiger partial charge in [0.2, 0.25) is 0 Å². The molecule has 2 N–H and O–H groups in total. The van der Waals surface area contributed by atoms with Gasteiger partial charge in [-0.05, 0) is 52.1 Å². The van der Waals surface area contributed by atoms with Gasteiger partial charge in [-0.3, -0.25) is 0 Å². The Bertz CT molecular complexity index is 356. The fourth-order valence-corrected chi connectivity index (χ4v) is 12.5. The summed E-state index contributed by atoms with van der Waals surface area (Å²) in [7, 11) is -8.24. The van der Waals surface area contributed by atoms with Crippen molar-refractivity contribution in [3.63, 3.8) is 0 Å². The normalized spacial score (nSPS) is 13.1. The first-order chi connectivity index (χ1) is 9.24. The van der Waals surface area contributed by atoms with Crippen LogP contribution in [0, 0.1) is 0 Å². The van der Waals surface area contributed by atoms with Crippen LogP contribution < -0.4 is 0 Å². The van der Waals surface area contributed by atoms with Crippen molar-refractivity contribution in [3.05, 3.63) is 12.2 Å². The number of hydrogen-bond donors (Lipinski definition) is 2. The Morgan fingerprint density at radius 1 is 1.05 bits per heavy atom. The van der Waals surface area contributed by atoms with Crippen LogP contribution in [0.3, 0.4) is 0 Å². The molecule has 0 rings (SSSR count). The van der Waals surface area contributed by atoms with Gasteiger partial charge in [0.05, 0.1) is 6.61 Å². The SMILES string of the molecule is C=C(C)C(=O)OCCC[Si](C)(O[Si](C)(C)O)O[Si](C)(C)O. The van der Waals surface area contributed by atoms with E-state index in [2.05, 4.69) is 6.58 Å². The molecule has 0 aliphatic carbocycles. The molecule has 0 amide bonds. The molecule has 0 saturated heterocycles. The van der Waals surface area contributed by atoms with E-state index in [1.165, 1.54) is 0 Å². The van der Waals surface area contributed by atoms with Gasteiger partial charge >= 0.3 is 31.7 Å². The quantitative estimate of drug-likeness (QED) is 0.286. The standard InChI is InChI=1S/C12H28O6Si3/c1-11(2)12(13)16-9-8-10-21(7,17-19(3,4)14)18-20(5,6)15/h14-15H,1,8-10H2,2-7H3. The Balaban J connectivity index is 4.55. The predicted octanol–water partition coefficient (Wildman–Crippen LogP) is 1.99. The number of carbonyl (C=O) groups is 1. The van der Waals surface area contributed by atoms with E-state index in [0.29, 0.717) is 18.0 Å². The van der Waals surface area contributed by atoms with Crippen LogP contribution in [0.4, 0.5) is 0 Å². The molecule has 0 spiro atoms. The average molecular weight is 353 g/mol. The maximum absolute atomic E-state index is 11.3. The van der Waals surface area contributed by atoms with Gasteiger partial charge in [0.1, 0.15) is 0 Å². The van der Waals surface area contributed by atoms with Crippen molar-refractivity contribution in [2.45, 2.75) is 52.1 Å². The lowest BCUT2D eigenvalue weighted by Gasteiger charge is -2.36. The highest BCUT2D eigenvalue weighted by Crippen LogP contribution is 2.23. The highest BCUT2D eigenvalue weighted by atomic mass is 28.5. The summed E-state index contributed by atoms with van der Waals surface area (Å²) in [5.41, 5.74) is 0.357. The molecule has 6 nitrogen and oxygen atoms in total. The molecule has 0 heterocycles. The minimum Gasteiger partial charge on any atom is -0.462 e. The van der Waals surface area contributed by atoms with E-state index in [1.54, 1.807) is 33.1 Å². The fraction of sp³-hybridized carbons (Fsp3) is 0.750. The zero-order chi connectivity index (χ0) is 16.9. The van der Waals surface area contributed by atoms with E-state index in [4.69, 9.17) is 13.0 Å². The zero-order valence-corrected chi connectivity index (χ0v) is 16.9. The first-order valence-electron chi connectivity index (χ1n) is 6.92. The summed E-state index contributed by atoms with van der Waals surface area (Å²) in [6.45, 7) is 13.8. The molecular weight excluding hydrogens is 324 g/mol. The predicted molar refractivity (Wildman–Crippen MR) is 88.4 cm³/mol. The lowest BCUT2D eigenvalue weighted by Crippen LogP contribution is -2.54. The lowest BCUT2D eigenvalue weighted by molar-refractivity contribution is -0.138. The van der Waals surface area contributed by atoms with Gasteiger partial charge in [0.15, 0.2) is 0 Å². The Kier molecular flexibility index (Phi) is 7.70. The summed E-state index contributed by atoms with van der Waals surface area (Å²) in [6, 6.07) is 0.532. The third-order valence-electron chi connectivity index (χ3n) is 2.29. The van der Waals surface area contributed by atoms with Gasteiger partial charge in [0, 0.05) is 5.57 Å². The molecule has 9 heteroatoms. The second-order valence-electron chi connectivity index (χ2n) is 6.25. The van der Waals surface area contributed by atoms with Gasteiger partial charge in [0.25, 0.3) is 0 Å². The fourth-order valence-electron chi connectivity index (χ4n) is 1.86. The first-order valence-corrected chi connectivity index (χ1v) is 15.2. The number of esters is 1. The summed E-state index contributed by atoms with van der Waals surface area (Å²) in [6.07, 6.45) is 0.552. The molecule has 0 radical (unpaired) electrons. The Hall–Kier alpha value is -0.299. The molecule has 0 aliphatic heterocycles. The molecule has 0 aromatic rings. The van der Waals surface area contributed by atoms with Crippen LogP contribution in [-0.2, 0) is 17.8 Å². The highest BCUT2D eigenvalue weighted by molar-refractivity contribution is 6.84. The first kappa shape index (κ1) is 20.7. The van der Waals surface area contributed by atoms with Gasteiger partial charge in [-0.15, -0.1) is 0 Å². The van der Waals surface area contributed by atoms with Crippen molar-refractivity contribution >= 4 is 31.7 Å². The van der Waals surface area contributed by atoms with Crippen LogP contribution in [0.25, 0.3) is 0 Å². The average Bonchev–Trinajstić information content (AvgIpc) is 2.18. The summed E-state index contributed by atoms with van der Waals surface area (Å²) in [4.78, 5) is 31.2. The van der Waals surface area contributed by atoms with E-state index in [0.717, 1.165) is 0 Å². The summed E-state index contributed by atoms with van der Waals surface area (Å²) in [5, 5.41) is 0. The zero-order valence-electron chi connectivity index (χ0n) is 13.9. The number of carbonyl (C=O) groups excluding carboxylic acids is 1. The molecule has 0 aliphatic rings. The number of ether oxygens (including phenoxy) is 1. The minimum atomic E-state index is -2.77. The second kappa shape index (κ2) is 7.81. The van der Waals surface area contributed by atoms with Crippen molar-refractivity contribution < 1.29 is 27.4 Å². The number of hydrogen-bond acceptors (Lipinski definition) is 6. The van der Waals surface area contributed by atoms with Crippen molar-refractivity contribution in [2.75, 3.05) is 6.61 Å². The molecule has 0 saturated carbocycles. The molecular formula is C12H28O6Si3. The van der Waals surface area contributed by atoms with Crippen molar-refractivity contribution in [2.24, 2.45) is 0 Å². The van der Waals surface area contributed by atoms with Crippen LogP contribution in [0.2, 0.25) is 38.8 Å². The van der Waals surface area contributed by atoms with Gasteiger partial charge in [-0.2, -0.15) is 0 Å². The smallest absolute Gasteiger partial charge is 0.333 e. The van der Waals surface area contributed by atoms with Crippen molar-refractivity contribution in [1.82, 2.24) is 0 Å².